The summed E-state index contributed by atoms with van der Waals surface area (Å²) in [6, 6.07) is 6.70. The molecular weight excluding hydrogens is 294 g/mol. The number of allylic oxidation sites excluding steroid dienone is 3. The highest BCUT2D eigenvalue weighted by Crippen LogP contribution is 2.33. The first-order valence-corrected chi connectivity index (χ1v) is 8.65. The molecule has 0 amide bonds. The van der Waals surface area contributed by atoms with Gasteiger partial charge in [-0.1, -0.05) is 56.7 Å². The summed E-state index contributed by atoms with van der Waals surface area (Å²) in [6.07, 6.45) is 15.3. The Morgan fingerprint density at radius 3 is 2.92 bits per heavy atom. The molecule has 0 spiro atoms. The number of benzene rings is 1. The van der Waals surface area contributed by atoms with E-state index < -0.39 is 0 Å². The van der Waals surface area contributed by atoms with Gasteiger partial charge in [0.25, 0.3) is 0 Å². The molecule has 24 heavy (non-hydrogen) atoms. The van der Waals surface area contributed by atoms with Crippen LogP contribution in [-0.2, 0) is 6.42 Å². The molecule has 1 aromatic rings. The molecule has 2 nitrogen and oxygen atoms in total. The lowest BCUT2D eigenvalue weighted by Gasteiger charge is -2.13. The van der Waals surface area contributed by atoms with Crippen molar-refractivity contribution in [3.63, 3.8) is 0 Å². The Hall–Kier alpha value is -2.24. The lowest BCUT2D eigenvalue weighted by molar-refractivity contribution is 0.355. The molecule has 1 aromatic carbocycles. The fourth-order valence-electron chi connectivity index (χ4n) is 2.64. The van der Waals surface area contributed by atoms with Gasteiger partial charge < -0.3 is 4.74 Å². The Morgan fingerprint density at radius 1 is 1.46 bits per heavy atom. The zero-order valence-electron chi connectivity index (χ0n) is 15.1. The molecule has 0 saturated heterocycles. The Kier molecular flexibility index (Phi) is 9.34. The second-order valence-electron chi connectivity index (χ2n) is 5.30. The fraction of sp³-hybridized carbons (Fsp3) is 0.364. The summed E-state index contributed by atoms with van der Waals surface area (Å²) in [5.74, 6) is 3.54. The number of ether oxygens (including phenoxy) is 1. The van der Waals surface area contributed by atoms with Crippen molar-refractivity contribution in [2.75, 3.05) is 13.2 Å². The van der Waals surface area contributed by atoms with E-state index in [2.05, 4.69) is 29.9 Å². The van der Waals surface area contributed by atoms with Crippen LogP contribution in [0.2, 0.25) is 0 Å². The molecule has 1 aliphatic rings. The predicted octanol–water partition coefficient (Wildman–Crippen LogP) is 4.99. The number of hydrogen-bond donors (Lipinski definition) is 1. The minimum Gasteiger partial charge on any atom is -0.489 e. The van der Waals surface area contributed by atoms with Gasteiger partial charge in [-0.3, -0.25) is 5.32 Å². The van der Waals surface area contributed by atoms with Crippen LogP contribution in [0, 0.1) is 12.3 Å². The maximum absolute atomic E-state index is 5.87. The number of aryl methyl sites for hydroxylation is 1. The summed E-state index contributed by atoms with van der Waals surface area (Å²) in [4.78, 5) is 0. The first-order valence-electron chi connectivity index (χ1n) is 8.65. The maximum atomic E-state index is 5.87. The van der Waals surface area contributed by atoms with Crippen LogP contribution in [0.3, 0.4) is 0 Å². The highest BCUT2D eigenvalue weighted by molar-refractivity contribution is 5.41. The van der Waals surface area contributed by atoms with Crippen LogP contribution in [0.1, 0.15) is 44.4 Å². The Bertz CT molecular complexity index is 619. The van der Waals surface area contributed by atoms with Crippen LogP contribution in [-0.4, -0.2) is 13.2 Å². The second-order valence-corrected chi connectivity index (χ2v) is 5.30. The van der Waals surface area contributed by atoms with Crippen molar-refractivity contribution in [2.24, 2.45) is 0 Å². The first-order chi connectivity index (χ1) is 11.8. The highest BCUT2D eigenvalue weighted by Gasteiger charge is 2.21. The van der Waals surface area contributed by atoms with Crippen molar-refractivity contribution in [3.8, 4) is 18.1 Å². The van der Waals surface area contributed by atoms with E-state index in [4.69, 9.17) is 11.2 Å². The maximum Gasteiger partial charge on any atom is 0.120 e. The average molecular weight is 323 g/mol. The molecule has 0 heterocycles. The largest absolute Gasteiger partial charge is 0.489 e. The molecular formula is C22H29NO. The van der Waals surface area contributed by atoms with Gasteiger partial charge >= 0.3 is 0 Å². The van der Waals surface area contributed by atoms with Crippen molar-refractivity contribution in [2.45, 2.75) is 39.7 Å². The monoisotopic (exact) mass is 323 g/mol. The third-order valence-electron chi connectivity index (χ3n) is 3.81. The molecule has 0 bridgehead atoms. The fourth-order valence-corrected chi connectivity index (χ4v) is 2.64. The molecule has 0 aromatic heterocycles. The van der Waals surface area contributed by atoms with E-state index in [-0.39, 0.29) is 0 Å². The Balaban J connectivity index is 0.00000139. The van der Waals surface area contributed by atoms with Gasteiger partial charge in [0.2, 0.25) is 0 Å². The molecule has 0 aliphatic heterocycles. The number of fused-ring (bicyclic) bond motifs is 1. The van der Waals surface area contributed by atoms with Crippen molar-refractivity contribution < 1.29 is 4.74 Å². The van der Waals surface area contributed by atoms with Gasteiger partial charge in [-0.25, -0.2) is 0 Å². The van der Waals surface area contributed by atoms with Crippen LogP contribution in [0.5, 0.6) is 5.75 Å². The number of terminal acetylenes is 1. The zero-order chi connectivity index (χ0) is 17.8. The summed E-state index contributed by atoms with van der Waals surface area (Å²) in [5, 5.41) is 3.38. The summed E-state index contributed by atoms with van der Waals surface area (Å²) in [6.45, 7) is 11.0. The van der Waals surface area contributed by atoms with Crippen LogP contribution in [0.15, 0.2) is 54.7 Å². The third-order valence-corrected chi connectivity index (χ3v) is 3.81. The Labute approximate surface area is 147 Å². The van der Waals surface area contributed by atoms with Crippen LogP contribution >= 0.6 is 0 Å². The van der Waals surface area contributed by atoms with Crippen LogP contribution in [0.4, 0.5) is 0 Å². The topological polar surface area (TPSA) is 21.3 Å². The SMILES string of the molecule is C#CCNC1CCc2cc(OC/C(C=C)=C/C=C\C)ccc21.CC. The van der Waals surface area contributed by atoms with E-state index in [1.54, 1.807) is 0 Å². The number of rotatable bonds is 7. The summed E-state index contributed by atoms with van der Waals surface area (Å²) >= 11 is 0. The quantitative estimate of drug-likeness (QED) is 0.564. The zero-order valence-corrected chi connectivity index (χ0v) is 15.1. The van der Waals surface area contributed by atoms with E-state index in [1.165, 1.54) is 11.1 Å². The van der Waals surface area contributed by atoms with E-state index in [0.29, 0.717) is 19.2 Å². The third kappa shape index (κ3) is 5.76. The average Bonchev–Trinajstić information content (AvgIpc) is 3.04. The van der Waals surface area contributed by atoms with Gasteiger partial charge in [0.1, 0.15) is 12.4 Å². The van der Waals surface area contributed by atoms with Crippen molar-refractivity contribution in [1.82, 2.24) is 5.32 Å². The van der Waals surface area contributed by atoms with E-state index in [1.807, 2.05) is 51.1 Å². The van der Waals surface area contributed by atoms with Crippen molar-refractivity contribution >= 4 is 0 Å². The molecule has 0 saturated carbocycles. The molecule has 1 aliphatic carbocycles. The molecule has 1 N–H and O–H groups in total. The Morgan fingerprint density at radius 2 is 2.25 bits per heavy atom. The summed E-state index contributed by atoms with van der Waals surface area (Å²) in [7, 11) is 0. The van der Waals surface area contributed by atoms with Gasteiger partial charge in [0.15, 0.2) is 0 Å². The second kappa shape index (κ2) is 11.3. The first kappa shape index (κ1) is 19.8. The number of nitrogens with one attached hydrogen (secondary N) is 1. The van der Waals surface area contributed by atoms with Gasteiger partial charge in [0, 0.05) is 6.04 Å². The molecule has 0 fully saturated rings. The van der Waals surface area contributed by atoms with E-state index in [9.17, 15) is 0 Å². The molecule has 128 valence electrons. The molecule has 1 unspecified atom stereocenters. The normalized spacial score (nSPS) is 16.1. The van der Waals surface area contributed by atoms with Crippen LogP contribution in [0.25, 0.3) is 0 Å². The minimum atomic E-state index is 0.374. The van der Waals surface area contributed by atoms with E-state index in [0.717, 1.165) is 24.2 Å². The molecule has 0 radical (unpaired) electrons. The molecule has 1 atom stereocenters. The van der Waals surface area contributed by atoms with Crippen molar-refractivity contribution in [3.05, 3.63) is 65.8 Å². The summed E-state index contributed by atoms with van der Waals surface area (Å²) < 4.78 is 5.87. The highest BCUT2D eigenvalue weighted by atomic mass is 16.5. The minimum absolute atomic E-state index is 0.374. The smallest absolute Gasteiger partial charge is 0.120 e. The predicted molar refractivity (Wildman–Crippen MR) is 104 cm³/mol. The lowest BCUT2D eigenvalue weighted by Crippen LogP contribution is -2.19. The van der Waals surface area contributed by atoms with Gasteiger partial charge in [-0.2, -0.15) is 0 Å². The lowest BCUT2D eigenvalue weighted by atomic mass is 10.1. The molecule has 2 heteroatoms. The van der Waals surface area contributed by atoms with Gasteiger partial charge in [-0.15, -0.1) is 6.42 Å². The van der Waals surface area contributed by atoms with Crippen molar-refractivity contribution in [1.29, 1.82) is 0 Å². The standard InChI is InChI=1S/C20H23NO.C2H6/c1-4-7-8-16(6-3)15-22-18-10-11-19-17(14-18)9-12-20(19)21-13-5-2;1-2/h2,4,6-8,10-11,14,20-21H,3,9,12-13,15H2,1H3;1-2H3/b7-4-,16-8+;. The van der Waals surface area contributed by atoms with E-state index >= 15 is 0 Å². The van der Waals surface area contributed by atoms with Crippen LogP contribution < -0.4 is 10.1 Å². The summed E-state index contributed by atoms with van der Waals surface area (Å²) in [5.41, 5.74) is 3.76. The van der Waals surface area contributed by atoms with Gasteiger partial charge in [-0.05, 0) is 48.6 Å². The molecule has 2 rings (SSSR count). The van der Waals surface area contributed by atoms with Gasteiger partial charge in [0.05, 0.1) is 6.54 Å². The number of hydrogen-bond acceptors (Lipinski definition) is 2.